The highest BCUT2D eigenvalue weighted by Gasteiger charge is 2.26. The number of thiocarbonyl (C=S) groups is 1. The summed E-state index contributed by atoms with van der Waals surface area (Å²) in [5.74, 6) is -0.0229. The van der Waals surface area contributed by atoms with Gasteiger partial charge in [0.15, 0.2) is 5.11 Å². The van der Waals surface area contributed by atoms with Crippen molar-refractivity contribution >= 4 is 28.9 Å². The minimum absolute atomic E-state index is 0.0491. The monoisotopic (exact) mass is 333 g/mol. The topological polar surface area (TPSA) is 64.6 Å². The van der Waals surface area contributed by atoms with Crippen LogP contribution in [0.5, 0.6) is 5.75 Å². The van der Waals surface area contributed by atoms with Crippen LogP contribution in [-0.2, 0) is 4.79 Å². The first-order valence-corrected chi connectivity index (χ1v) is 8.14. The second-order valence-electron chi connectivity index (χ2n) is 5.88. The molecule has 124 valence electrons. The minimum Gasteiger partial charge on any atom is -0.506 e. The molecule has 0 spiro atoms. The van der Waals surface area contributed by atoms with Crippen LogP contribution in [0.2, 0.25) is 0 Å². The predicted molar refractivity (Wildman–Crippen MR) is 96.4 cm³/mol. The molecule has 1 aromatic rings. The van der Waals surface area contributed by atoms with Gasteiger partial charge in [-0.25, -0.2) is 0 Å². The normalized spacial score (nSPS) is 15.1. The smallest absolute Gasteiger partial charge is 0.227 e. The highest BCUT2D eigenvalue weighted by atomic mass is 32.1. The molecule has 6 heteroatoms. The molecule has 1 heterocycles. The predicted octanol–water partition coefficient (Wildman–Crippen LogP) is 2.49. The number of carbonyl (C=O) groups is 1. The maximum Gasteiger partial charge on any atom is 0.227 e. The van der Waals surface area contributed by atoms with Crippen molar-refractivity contribution in [1.29, 1.82) is 0 Å². The van der Waals surface area contributed by atoms with Crippen molar-refractivity contribution in [2.75, 3.05) is 25.0 Å². The molecule has 0 saturated carbocycles. The molecule has 0 radical (unpaired) electrons. The van der Waals surface area contributed by atoms with Crippen LogP contribution in [0.25, 0.3) is 0 Å². The van der Waals surface area contributed by atoms with Gasteiger partial charge in [-0.2, -0.15) is 0 Å². The Morgan fingerprint density at radius 2 is 2.04 bits per heavy atom. The molecule has 1 saturated heterocycles. The maximum atomic E-state index is 12.3. The summed E-state index contributed by atoms with van der Waals surface area (Å²) in [6.45, 7) is 7.96. The number of rotatable bonds is 4. The van der Waals surface area contributed by atoms with E-state index in [1.54, 1.807) is 24.3 Å². The van der Waals surface area contributed by atoms with Crippen LogP contribution in [0, 0.1) is 5.92 Å². The summed E-state index contributed by atoms with van der Waals surface area (Å²) in [6.07, 6.45) is 1.49. The van der Waals surface area contributed by atoms with Crippen molar-refractivity contribution in [2.45, 2.75) is 19.8 Å². The molecule has 0 aliphatic carbocycles. The van der Waals surface area contributed by atoms with Gasteiger partial charge < -0.3 is 20.6 Å². The van der Waals surface area contributed by atoms with E-state index < -0.39 is 0 Å². The number of phenols is 1. The lowest BCUT2D eigenvalue weighted by molar-refractivity contribution is -0.121. The Morgan fingerprint density at radius 1 is 1.39 bits per heavy atom. The van der Waals surface area contributed by atoms with Gasteiger partial charge in [0.1, 0.15) is 5.75 Å². The van der Waals surface area contributed by atoms with Gasteiger partial charge in [-0.15, -0.1) is 0 Å². The van der Waals surface area contributed by atoms with Crippen molar-refractivity contribution in [3.8, 4) is 5.75 Å². The number of carbonyl (C=O) groups excluding carboxylic acids is 1. The van der Waals surface area contributed by atoms with Crippen molar-refractivity contribution in [2.24, 2.45) is 5.92 Å². The van der Waals surface area contributed by atoms with Crippen LogP contribution in [0.15, 0.2) is 36.4 Å². The number of phenolic OH excluding ortho intramolecular Hbond substituents is 1. The summed E-state index contributed by atoms with van der Waals surface area (Å²) in [7, 11) is 0. The van der Waals surface area contributed by atoms with E-state index in [9.17, 15) is 9.90 Å². The Bertz CT molecular complexity index is 595. The van der Waals surface area contributed by atoms with Crippen LogP contribution >= 0.6 is 12.2 Å². The molecule has 5 nitrogen and oxygen atoms in total. The Kier molecular flexibility index (Phi) is 5.98. The molecule has 1 aliphatic rings. The molecule has 0 aromatic heterocycles. The zero-order chi connectivity index (χ0) is 16.8. The summed E-state index contributed by atoms with van der Waals surface area (Å²) in [6, 6.07) is 6.76. The lowest BCUT2D eigenvalue weighted by atomic mass is 9.96. The molecular formula is C17H23N3O2S. The average Bonchev–Trinajstić information content (AvgIpc) is 2.54. The van der Waals surface area contributed by atoms with E-state index in [4.69, 9.17) is 12.2 Å². The van der Waals surface area contributed by atoms with Crippen LogP contribution < -0.4 is 10.6 Å². The average molecular weight is 333 g/mol. The first-order chi connectivity index (χ1) is 11.0. The number of benzene rings is 1. The minimum atomic E-state index is -0.0604. The molecular weight excluding hydrogens is 310 g/mol. The standard InChI is InChI=1S/C17H23N3O2S/c1-12(2)11-18-17(23)20-9-7-13(8-10-20)16(22)19-14-5-3-4-6-15(14)21/h3-6,13,21H,1,7-11H2,2H3,(H,18,23)(H,19,22). The number of para-hydroxylation sites is 2. The maximum absolute atomic E-state index is 12.3. The van der Waals surface area contributed by atoms with Crippen LogP contribution in [0.1, 0.15) is 19.8 Å². The van der Waals surface area contributed by atoms with Gasteiger partial charge >= 0.3 is 0 Å². The lowest BCUT2D eigenvalue weighted by Gasteiger charge is -2.33. The number of likely N-dealkylation sites (tertiary alicyclic amines) is 1. The van der Waals surface area contributed by atoms with Gasteiger partial charge in [-0.1, -0.05) is 24.3 Å². The SMILES string of the molecule is C=C(C)CNC(=S)N1CCC(C(=O)Nc2ccccc2O)CC1. The van der Waals surface area contributed by atoms with Crippen LogP contribution in [0.3, 0.4) is 0 Å². The number of nitrogens with one attached hydrogen (secondary N) is 2. The van der Waals surface area contributed by atoms with Crippen molar-refractivity contribution in [3.05, 3.63) is 36.4 Å². The highest BCUT2D eigenvalue weighted by molar-refractivity contribution is 7.80. The van der Waals surface area contributed by atoms with Crippen molar-refractivity contribution < 1.29 is 9.90 Å². The number of hydrogen-bond acceptors (Lipinski definition) is 3. The second kappa shape index (κ2) is 7.97. The summed E-state index contributed by atoms with van der Waals surface area (Å²) >= 11 is 5.36. The second-order valence-corrected chi connectivity index (χ2v) is 6.27. The Hall–Kier alpha value is -2.08. The largest absolute Gasteiger partial charge is 0.506 e. The summed E-state index contributed by atoms with van der Waals surface area (Å²) in [5.41, 5.74) is 1.49. The van der Waals surface area contributed by atoms with E-state index in [2.05, 4.69) is 22.1 Å². The fourth-order valence-corrected chi connectivity index (χ4v) is 2.75. The molecule has 0 unspecified atom stereocenters. The zero-order valence-corrected chi connectivity index (χ0v) is 14.2. The molecule has 23 heavy (non-hydrogen) atoms. The molecule has 1 amide bonds. The summed E-state index contributed by atoms with van der Waals surface area (Å²) < 4.78 is 0. The molecule has 1 aromatic carbocycles. The number of anilines is 1. The molecule has 2 rings (SSSR count). The van der Waals surface area contributed by atoms with Gasteiger partial charge in [0.05, 0.1) is 5.69 Å². The van der Waals surface area contributed by atoms with Gasteiger partial charge in [0.25, 0.3) is 0 Å². The van der Waals surface area contributed by atoms with Crippen LogP contribution in [0.4, 0.5) is 5.69 Å². The van der Waals surface area contributed by atoms with Gasteiger partial charge in [0, 0.05) is 25.6 Å². The first-order valence-electron chi connectivity index (χ1n) is 7.73. The summed E-state index contributed by atoms with van der Waals surface area (Å²) in [4.78, 5) is 14.4. The molecule has 0 atom stereocenters. The van der Waals surface area contributed by atoms with Gasteiger partial charge in [0.2, 0.25) is 5.91 Å². The quantitative estimate of drug-likeness (QED) is 0.449. The van der Waals surface area contributed by atoms with E-state index in [0.29, 0.717) is 17.3 Å². The first kappa shape index (κ1) is 17.3. The molecule has 3 N–H and O–H groups in total. The molecule has 1 aliphatic heterocycles. The fourth-order valence-electron chi connectivity index (χ4n) is 2.50. The third-order valence-electron chi connectivity index (χ3n) is 3.86. The third kappa shape index (κ3) is 4.96. The van der Waals surface area contributed by atoms with E-state index in [0.717, 1.165) is 31.5 Å². The summed E-state index contributed by atoms with van der Waals surface area (Å²) in [5, 5.41) is 16.4. The van der Waals surface area contributed by atoms with E-state index >= 15 is 0 Å². The van der Waals surface area contributed by atoms with E-state index in [1.807, 2.05) is 6.92 Å². The highest BCUT2D eigenvalue weighted by Crippen LogP contribution is 2.24. The van der Waals surface area contributed by atoms with Crippen molar-refractivity contribution in [1.82, 2.24) is 10.2 Å². The van der Waals surface area contributed by atoms with Crippen LogP contribution in [-0.4, -0.2) is 40.7 Å². The van der Waals surface area contributed by atoms with Gasteiger partial charge in [-0.3, -0.25) is 4.79 Å². The molecule has 0 bridgehead atoms. The van der Waals surface area contributed by atoms with E-state index in [-0.39, 0.29) is 17.6 Å². The zero-order valence-electron chi connectivity index (χ0n) is 13.3. The van der Waals surface area contributed by atoms with Gasteiger partial charge in [-0.05, 0) is 44.1 Å². The number of hydrogen-bond donors (Lipinski definition) is 3. The number of amides is 1. The number of piperidine rings is 1. The fraction of sp³-hybridized carbons (Fsp3) is 0.412. The van der Waals surface area contributed by atoms with Crippen molar-refractivity contribution in [3.63, 3.8) is 0 Å². The Balaban J connectivity index is 1.82. The Labute approximate surface area is 142 Å². The lowest BCUT2D eigenvalue weighted by Crippen LogP contribution is -2.46. The van der Waals surface area contributed by atoms with E-state index in [1.165, 1.54) is 0 Å². The molecule has 1 fully saturated rings. The number of nitrogens with zero attached hydrogens (tertiary/aromatic N) is 1. The number of aromatic hydroxyl groups is 1. The Morgan fingerprint density at radius 3 is 2.65 bits per heavy atom. The third-order valence-corrected chi connectivity index (χ3v) is 4.26.